The van der Waals surface area contributed by atoms with Gasteiger partial charge in [0.2, 0.25) is 0 Å². The fourth-order valence-electron chi connectivity index (χ4n) is 5.37. The third-order valence-corrected chi connectivity index (χ3v) is 11.5. The molecule has 0 radical (unpaired) electrons. The van der Waals surface area contributed by atoms with Gasteiger partial charge in [-0.15, -0.1) is 0 Å². The minimum Gasteiger partial charge on any atom is -1.00 e. The van der Waals surface area contributed by atoms with E-state index in [1.54, 1.807) is 8.85 Å². The number of para-hydroxylation sites is 1. The maximum Gasteiger partial charge on any atom is -1.00 e. The fourth-order valence-corrected chi connectivity index (χ4v) is 9.60. The van der Waals surface area contributed by atoms with Crippen LogP contribution in [-0.4, -0.2) is 4.57 Å². The molecule has 2 aliphatic rings. The van der Waals surface area contributed by atoms with Gasteiger partial charge in [0, 0.05) is 0 Å². The molecule has 0 fully saturated rings. The van der Waals surface area contributed by atoms with Gasteiger partial charge in [-0.25, -0.2) is 0 Å². The molecule has 1 unspecified atom stereocenters. The molecular formula is C31H27F2NZr. The van der Waals surface area contributed by atoms with Gasteiger partial charge < -0.3 is 9.41 Å². The maximum absolute atomic E-state index is 2.57. The molecular weight excluding hydrogens is 516 g/mol. The molecule has 0 spiro atoms. The smallest absolute Gasteiger partial charge is 1.00 e. The van der Waals surface area contributed by atoms with Gasteiger partial charge in [0.15, 0.2) is 0 Å². The zero-order valence-electron chi connectivity index (χ0n) is 19.9. The molecule has 1 atom stereocenters. The van der Waals surface area contributed by atoms with Gasteiger partial charge in [0.25, 0.3) is 0 Å². The van der Waals surface area contributed by atoms with Crippen molar-refractivity contribution >= 4 is 22.7 Å². The van der Waals surface area contributed by atoms with Crippen molar-refractivity contribution in [2.24, 2.45) is 0 Å². The van der Waals surface area contributed by atoms with E-state index in [4.69, 9.17) is 0 Å². The van der Waals surface area contributed by atoms with Crippen LogP contribution in [0.15, 0.2) is 99.9 Å². The molecule has 3 aromatic carbocycles. The van der Waals surface area contributed by atoms with Gasteiger partial charge in [-0.3, -0.25) is 0 Å². The Morgan fingerprint density at radius 3 is 2.40 bits per heavy atom. The number of allylic oxidation sites excluding steroid dienone is 5. The second-order valence-electron chi connectivity index (χ2n) is 9.11. The van der Waals surface area contributed by atoms with Gasteiger partial charge >= 0.3 is 209 Å². The third-order valence-electron chi connectivity index (χ3n) is 7.18. The average molecular weight is 543 g/mol. The number of halogens is 2. The van der Waals surface area contributed by atoms with E-state index in [2.05, 4.69) is 116 Å². The number of nitrogens with zero attached hydrogens (tertiary/aromatic N) is 1. The van der Waals surface area contributed by atoms with Crippen molar-refractivity contribution in [1.82, 2.24) is 4.57 Å². The Balaban J connectivity index is 0.00000144. The first-order valence-electron chi connectivity index (χ1n) is 11.8. The molecule has 0 saturated heterocycles. The minimum atomic E-state index is -0.906. The normalized spacial score (nSPS) is 15.9. The molecule has 174 valence electrons. The van der Waals surface area contributed by atoms with E-state index in [0.717, 1.165) is 12.8 Å². The molecule has 0 bridgehead atoms. The van der Waals surface area contributed by atoms with Crippen LogP contribution in [0.5, 0.6) is 0 Å². The Hall–Kier alpha value is -2.84. The summed E-state index contributed by atoms with van der Waals surface area (Å²) in [5.74, 6) is 0. The van der Waals surface area contributed by atoms with Crippen LogP contribution in [-0.2, 0) is 29.7 Å². The van der Waals surface area contributed by atoms with E-state index >= 15 is 0 Å². The van der Waals surface area contributed by atoms with Gasteiger partial charge in [-0.2, -0.15) is 0 Å². The van der Waals surface area contributed by atoms with Crippen LogP contribution in [0.3, 0.4) is 0 Å². The number of aryl methyl sites for hydroxylation is 1. The van der Waals surface area contributed by atoms with Crippen LogP contribution in [0.1, 0.15) is 38.0 Å². The molecule has 1 aromatic heterocycles. The van der Waals surface area contributed by atoms with Crippen molar-refractivity contribution in [3.8, 4) is 0 Å². The predicted octanol–water partition coefficient (Wildman–Crippen LogP) is 1.86. The Morgan fingerprint density at radius 1 is 0.857 bits per heavy atom. The standard InChI is InChI=1S/C19H16N.C12H11.2FH.Zr/c1-13-14(2)20(19-10-6-5-9-18(13)19)17-11-15-7-3-4-8-16(15)12-17;1-2-6-11(7-3-1)10-12-8-4-5-9-12;;;/h3-12H,1-2H3;1-4,6-8H,5,10H2;2*1H;/q;;;;+2/p-2. The number of benzene rings is 3. The quantitative estimate of drug-likeness (QED) is 0.363. The number of hydrogen-bond acceptors (Lipinski definition) is 0. The number of fused-ring (bicyclic) bond motifs is 2. The molecule has 6 rings (SSSR count). The summed E-state index contributed by atoms with van der Waals surface area (Å²) in [4.78, 5) is 0. The number of aromatic nitrogens is 1. The van der Waals surface area contributed by atoms with E-state index in [-0.39, 0.29) is 9.41 Å². The van der Waals surface area contributed by atoms with Gasteiger partial charge in [0.1, 0.15) is 0 Å². The van der Waals surface area contributed by atoms with Crippen LogP contribution in [0.25, 0.3) is 22.7 Å². The Labute approximate surface area is 217 Å². The molecule has 4 aromatic rings. The molecule has 0 N–H and O–H groups in total. The summed E-state index contributed by atoms with van der Waals surface area (Å²) >= 11 is -0.906. The molecule has 2 aliphatic carbocycles. The summed E-state index contributed by atoms with van der Waals surface area (Å²) in [5.41, 5.74) is 11.5. The first-order chi connectivity index (χ1) is 16.2. The molecule has 4 heteroatoms. The van der Waals surface area contributed by atoms with Crippen molar-refractivity contribution < 1.29 is 32.6 Å². The molecule has 0 aliphatic heterocycles. The van der Waals surface area contributed by atoms with Crippen molar-refractivity contribution in [1.29, 1.82) is 0 Å². The summed E-state index contributed by atoms with van der Waals surface area (Å²) in [6.07, 6.45) is 9.46. The Morgan fingerprint density at radius 2 is 1.57 bits per heavy atom. The number of rotatable bonds is 5. The van der Waals surface area contributed by atoms with Crippen molar-refractivity contribution in [2.45, 2.75) is 30.3 Å². The summed E-state index contributed by atoms with van der Waals surface area (Å²) in [7, 11) is 0. The largest absolute Gasteiger partial charge is 1.00 e. The predicted molar refractivity (Wildman–Crippen MR) is 136 cm³/mol. The molecule has 1 heterocycles. The SMILES string of the molecule is Cc1c(C)n(C2=Cc3ccccc3[CH]2[Zr+2][C]2=C(Cc3ccccc3)C=CC2)c2ccccc12.[F-].[F-]. The minimum absolute atomic E-state index is 0. The van der Waals surface area contributed by atoms with E-state index < -0.39 is 23.2 Å². The van der Waals surface area contributed by atoms with Crippen LogP contribution in [0, 0.1) is 13.8 Å². The second kappa shape index (κ2) is 10.4. The Kier molecular flexibility index (Phi) is 7.52. The van der Waals surface area contributed by atoms with Gasteiger partial charge in [0.05, 0.1) is 0 Å². The first kappa shape index (κ1) is 25.3. The van der Waals surface area contributed by atoms with E-state index in [0.29, 0.717) is 3.63 Å². The van der Waals surface area contributed by atoms with Crippen LogP contribution in [0.2, 0.25) is 0 Å². The summed E-state index contributed by atoms with van der Waals surface area (Å²) in [6, 6.07) is 28.9. The van der Waals surface area contributed by atoms with Crippen LogP contribution in [0.4, 0.5) is 0 Å². The summed E-state index contributed by atoms with van der Waals surface area (Å²) in [5, 5.41) is 1.38. The van der Waals surface area contributed by atoms with E-state index in [1.165, 1.54) is 44.5 Å². The molecule has 0 amide bonds. The monoisotopic (exact) mass is 541 g/mol. The van der Waals surface area contributed by atoms with Crippen molar-refractivity contribution in [3.05, 3.63) is 128 Å². The zero-order chi connectivity index (χ0) is 22.4. The fraction of sp³-hybridized carbons (Fsp3) is 0.161. The number of hydrogen-bond donors (Lipinski definition) is 0. The topological polar surface area (TPSA) is 4.93 Å². The zero-order valence-corrected chi connectivity index (χ0v) is 22.4. The maximum atomic E-state index is 2.57. The summed E-state index contributed by atoms with van der Waals surface area (Å²) in [6.45, 7) is 4.56. The Bertz CT molecular complexity index is 1460. The van der Waals surface area contributed by atoms with Crippen LogP contribution >= 0.6 is 0 Å². The van der Waals surface area contributed by atoms with Gasteiger partial charge in [-0.1, -0.05) is 0 Å². The molecule has 0 saturated carbocycles. The van der Waals surface area contributed by atoms with Gasteiger partial charge in [-0.05, 0) is 0 Å². The second-order valence-corrected chi connectivity index (χ2v) is 12.7. The average Bonchev–Trinajstić information content (AvgIpc) is 3.51. The van der Waals surface area contributed by atoms with Crippen molar-refractivity contribution in [2.75, 3.05) is 0 Å². The van der Waals surface area contributed by atoms with E-state index in [9.17, 15) is 0 Å². The summed E-state index contributed by atoms with van der Waals surface area (Å²) < 4.78 is 4.86. The first-order valence-corrected chi connectivity index (χ1v) is 14.4. The van der Waals surface area contributed by atoms with E-state index in [1.807, 2.05) is 0 Å². The molecule has 35 heavy (non-hydrogen) atoms. The third kappa shape index (κ3) is 4.45. The molecule has 1 nitrogen and oxygen atoms in total. The van der Waals surface area contributed by atoms with Crippen LogP contribution < -0.4 is 9.41 Å². The van der Waals surface area contributed by atoms with Crippen molar-refractivity contribution in [3.63, 3.8) is 0 Å².